The monoisotopic (exact) mass is 184 g/mol. The first-order valence-electron chi connectivity index (χ1n) is 4.33. The number of aromatic nitrogens is 1. The van der Waals surface area contributed by atoms with Gasteiger partial charge in [0.25, 0.3) is 0 Å². The zero-order chi connectivity index (χ0) is 8.97. The van der Waals surface area contributed by atoms with Gasteiger partial charge in [0.15, 0.2) is 0 Å². The van der Waals surface area contributed by atoms with Gasteiger partial charge in [-0.15, -0.1) is 11.3 Å². The van der Waals surface area contributed by atoms with Crippen LogP contribution in [-0.4, -0.2) is 17.6 Å². The molecule has 0 fully saturated rings. The van der Waals surface area contributed by atoms with E-state index in [9.17, 15) is 0 Å². The predicted molar refractivity (Wildman–Crippen MR) is 53.7 cm³/mol. The first-order valence-corrected chi connectivity index (χ1v) is 5.21. The largest absolute Gasteiger partial charge is 0.314 e. The standard InChI is InChI=1S/C9H16N2S/c1-7(2)10-5-4-9-6-12-8(3)11-9/h6-7,10H,4-5H2,1-3H3. The lowest BCUT2D eigenvalue weighted by Gasteiger charge is -2.05. The molecule has 0 aromatic carbocycles. The summed E-state index contributed by atoms with van der Waals surface area (Å²) in [4.78, 5) is 4.39. The van der Waals surface area contributed by atoms with Crippen molar-refractivity contribution in [2.75, 3.05) is 6.54 Å². The van der Waals surface area contributed by atoms with Crippen LogP contribution < -0.4 is 5.32 Å². The van der Waals surface area contributed by atoms with Crippen molar-refractivity contribution >= 4 is 11.3 Å². The third-order valence-corrected chi connectivity index (χ3v) is 2.42. The summed E-state index contributed by atoms with van der Waals surface area (Å²) >= 11 is 1.72. The van der Waals surface area contributed by atoms with E-state index in [1.165, 1.54) is 5.69 Å². The number of thiazole rings is 1. The SMILES string of the molecule is Cc1nc(CCNC(C)C)cs1. The molecular formula is C9H16N2S. The highest BCUT2D eigenvalue weighted by Gasteiger charge is 1.98. The van der Waals surface area contributed by atoms with Gasteiger partial charge in [-0.2, -0.15) is 0 Å². The molecule has 0 saturated heterocycles. The summed E-state index contributed by atoms with van der Waals surface area (Å²) in [5.41, 5.74) is 1.21. The Balaban J connectivity index is 2.24. The molecule has 0 unspecified atom stereocenters. The van der Waals surface area contributed by atoms with Crippen LogP contribution in [0.2, 0.25) is 0 Å². The molecule has 0 amide bonds. The summed E-state index contributed by atoms with van der Waals surface area (Å²) < 4.78 is 0. The smallest absolute Gasteiger partial charge is 0.0897 e. The average molecular weight is 184 g/mol. The molecule has 0 spiro atoms. The van der Waals surface area contributed by atoms with E-state index in [0.29, 0.717) is 6.04 Å². The van der Waals surface area contributed by atoms with E-state index in [2.05, 4.69) is 29.5 Å². The molecule has 1 rings (SSSR count). The Labute approximate surface area is 78.0 Å². The van der Waals surface area contributed by atoms with Crippen LogP contribution in [0.3, 0.4) is 0 Å². The number of nitrogens with one attached hydrogen (secondary N) is 1. The van der Waals surface area contributed by atoms with Crippen LogP contribution in [0.5, 0.6) is 0 Å². The number of hydrogen-bond acceptors (Lipinski definition) is 3. The van der Waals surface area contributed by atoms with Gasteiger partial charge in [-0.3, -0.25) is 0 Å². The van der Waals surface area contributed by atoms with Crippen molar-refractivity contribution in [3.63, 3.8) is 0 Å². The Morgan fingerprint density at radius 1 is 1.58 bits per heavy atom. The number of rotatable bonds is 4. The molecule has 1 heterocycles. The van der Waals surface area contributed by atoms with E-state index in [4.69, 9.17) is 0 Å². The predicted octanol–water partition coefficient (Wildman–Crippen LogP) is 1.99. The molecule has 68 valence electrons. The Morgan fingerprint density at radius 3 is 2.83 bits per heavy atom. The van der Waals surface area contributed by atoms with Gasteiger partial charge in [-0.1, -0.05) is 13.8 Å². The van der Waals surface area contributed by atoms with E-state index >= 15 is 0 Å². The summed E-state index contributed by atoms with van der Waals surface area (Å²) in [6.45, 7) is 7.39. The van der Waals surface area contributed by atoms with Crippen LogP contribution in [0.1, 0.15) is 24.5 Å². The van der Waals surface area contributed by atoms with E-state index in [0.717, 1.165) is 18.0 Å². The highest BCUT2D eigenvalue weighted by Crippen LogP contribution is 2.07. The van der Waals surface area contributed by atoms with Crippen LogP contribution in [0, 0.1) is 6.92 Å². The number of hydrogen-bond donors (Lipinski definition) is 1. The van der Waals surface area contributed by atoms with Gasteiger partial charge in [0.05, 0.1) is 10.7 Å². The summed E-state index contributed by atoms with van der Waals surface area (Å²) in [5, 5.41) is 6.67. The van der Waals surface area contributed by atoms with Crippen molar-refractivity contribution in [1.29, 1.82) is 0 Å². The lowest BCUT2D eigenvalue weighted by atomic mass is 10.3. The molecule has 0 aliphatic carbocycles. The van der Waals surface area contributed by atoms with E-state index in [1.807, 2.05) is 6.92 Å². The number of nitrogens with zero attached hydrogens (tertiary/aromatic N) is 1. The molecule has 1 aromatic rings. The second kappa shape index (κ2) is 4.58. The van der Waals surface area contributed by atoms with Gasteiger partial charge in [-0.05, 0) is 6.92 Å². The maximum absolute atomic E-state index is 4.39. The minimum Gasteiger partial charge on any atom is -0.314 e. The van der Waals surface area contributed by atoms with E-state index < -0.39 is 0 Å². The van der Waals surface area contributed by atoms with Gasteiger partial charge in [0.2, 0.25) is 0 Å². The molecule has 0 saturated carbocycles. The Hall–Kier alpha value is -0.410. The van der Waals surface area contributed by atoms with Gasteiger partial charge < -0.3 is 5.32 Å². The van der Waals surface area contributed by atoms with Gasteiger partial charge in [0, 0.05) is 24.4 Å². The van der Waals surface area contributed by atoms with Gasteiger partial charge >= 0.3 is 0 Å². The van der Waals surface area contributed by atoms with Crippen LogP contribution in [0.15, 0.2) is 5.38 Å². The van der Waals surface area contributed by atoms with Crippen LogP contribution >= 0.6 is 11.3 Å². The minimum absolute atomic E-state index is 0.574. The first-order chi connectivity index (χ1) is 5.68. The van der Waals surface area contributed by atoms with Crippen molar-refractivity contribution in [2.24, 2.45) is 0 Å². The van der Waals surface area contributed by atoms with Crippen molar-refractivity contribution < 1.29 is 0 Å². The van der Waals surface area contributed by atoms with E-state index in [1.54, 1.807) is 11.3 Å². The third kappa shape index (κ3) is 3.32. The molecule has 0 bridgehead atoms. The second-order valence-corrected chi connectivity index (χ2v) is 4.28. The molecular weight excluding hydrogens is 168 g/mol. The van der Waals surface area contributed by atoms with Crippen LogP contribution in [0.25, 0.3) is 0 Å². The quantitative estimate of drug-likeness (QED) is 0.774. The summed E-state index contributed by atoms with van der Waals surface area (Å²) in [5.74, 6) is 0. The fourth-order valence-corrected chi connectivity index (χ4v) is 1.66. The molecule has 3 heteroatoms. The normalized spacial score (nSPS) is 11.0. The molecule has 1 N–H and O–H groups in total. The molecule has 0 aliphatic rings. The van der Waals surface area contributed by atoms with Crippen molar-refractivity contribution in [2.45, 2.75) is 33.2 Å². The minimum atomic E-state index is 0.574. The summed E-state index contributed by atoms with van der Waals surface area (Å²) in [7, 11) is 0. The highest BCUT2D eigenvalue weighted by molar-refractivity contribution is 7.09. The number of aryl methyl sites for hydroxylation is 1. The van der Waals surface area contributed by atoms with Crippen molar-refractivity contribution in [3.05, 3.63) is 16.1 Å². The first kappa shape index (κ1) is 9.68. The Kier molecular flexibility index (Phi) is 3.69. The lowest BCUT2D eigenvalue weighted by Crippen LogP contribution is -2.24. The molecule has 0 atom stereocenters. The topological polar surface area (TPSA) is 24.9 Å². The molecule has 12 heavy (non-hydrogen) atoms. The molecule has 2 nitrogen and oxygen atoms in total. The van der Waals surface area contributed by atoms with Crippen molar-refractivity contribution in [1.82, 2.24) is 10.3 Å². The lowest BCUT2D eigenvalue weighted by molar-refractivity contribution is 0.587. The highest BCUT2D eigenvalue weighted by atomic mass is 32.1. The van der Waals surface area contributed by atoms with Crippen LogP contribution in [-0.2, 0) is 6.42 Å². The van der Waals surface area contributed by atoms with E-state index in [-0.39, 0.29) is 0 Å². The Bertz CT molecular complexity index is 230. The summed E-state index contributed by atoms with van der Waals surface area (Å²) in [6.07, 6.45) is 1.04. The fraction of sp³-hybridized carbons (Fsp3) is 0.667. The third-order valence-electron chi connectivity index (χ3n) is 1.60. The molecule has 0 radical (unpaired) electrons. The molecule has 1 aromatic heterocycles. The zero-order valence-corrected chi connectivity index (χ0v) is 8.74. The maximum Gasteiger partial charge on any atom is 0.0897 e. The van der Waals surface area contributed by atoms with Crippen LogP contribution in [0.4, 0.5) is 0 Å². The fourth-order valence-electron chi connectivity index (χ4n) is 1.01. The summed E-state index contributed by atoms with van der Waals surface area (Å²) in [6, 6.07) is 0.574. The average Bonchev–Trinajstić information content (AvgIpc) is 2.35. The van der Waals surface area contributed by atoms with Crippen molar-refractivity contribution in [3.8, 4) is 0 Å². The molecule has 0 aliphatic heterocycles. The zero-order valence-electron chi connectivity index (χ0n) is 7.92. The van der Waals surface area contributed by atoms with Gasteiger partial charge in [0.1, 0.15) is 0 Å². The maximum atomic E-state index is 4.39. The second-order valence-electron chi connectivity index (χ2n) is 3.22. The van der Waals surface area contributed by atoms with Gasteiger partial charge in [-0.25, -0.2) is 4.98 Å². The Morgan fingerprint density at radius 2 is 2.33 bits per heavy atom.